The molecule has 1 aromatic rings. The average Bonchev–Trinajstić information content (AvgIpc) is 2.96. The lowest BCUT2D eigenvalue weighted by atomic mass is 9.75. The van der Waals surface area contributed by atoms with Crippen molar-refractivity contribution in [2.75, 3.05) is 0 Å². The van der Waals surface area contributed by atoms with E-state index in [1.54, 1.807) is 6.33 Å². The van der Waals surface area contributed by atoms with Crippen molar-refractivity contribution in [3.63, 3.8) is 0 Å². The molecular weight excluding hydrogens is 214 g/mol. The van der Waals surface area contributed by atoms with E-state index in [1.807, 2.05) is 11.7 Å². The van der Waals surface area contributed by atoms with Gasteiger partial charge in [-0.05, 0) is 24.7 Å². The second-order valence-electron chi connectivity index (χ2n) is 5.15. The predicted octanol–water partition coefficient (Wildman–Crippen LogP) is 1.16. The zero-order valence-electron chi connectivity index (χ0n) is 10.8. The van der Waals surface area contributed by atoms with Gasteiger partial charge in [-0.15, -0.1) is 0 Å². The minimum Gasteiger partial charge on any atom is -0.271 e. The number of nitrogens with two attached hydrogens (primary N) is 1. The van der Waals surface area contributed by atoms with Crippen LogP contribution in [0.15, 0.2) is 6.33 Å². The van der Waals surface area contributed by atoms with E-state index in [-0.39, 0.29) is 0 Å². The number of aryl methyl sites for hydroxylation is 1. The Hall–Kier alpha value is -0.940. The number of nitrogens with zero attached hydrogens (tertiary/aromatic N) is 3. The monoisotopic (exact) mass is 237 g/mol. The molecule has 0 bridgehead atoms. The summed E-state index contributed by atoms with van der Waals surface area (Å²) in [5.74, 6) is 6.78. The molecule has 96 valence electrons. The van der Waals surface area contributed by atoms with Gasteiger partial charge >= 0.3 is 0 Å². The lowest BCUT2D eigenvalue weighted by Gasteiger charge is -2.36. The Morgan fingerprint density at radius 2 is 2.24 bits per heavy atom. The largest absolute Gasteiger partial charge is 0.271 e. The zero-order chi connectivity index (χ0) is 12.3. The van der Waals surface area contributed by atoms with Crippen LogP contribution in [0, 0.1) is 5.41 Å². The summed E-state index contributed by atoms with van der Waals surface area (Å²) in [4.78, 5) is 4.30. The molecule has 2 rings (SSSR count). The van der Waals surface area contributed by atoms with Gasteiger partial charge in [0.2, 0.25) is 0 Å². The van der Waals surface area contributed by atoms with Crippen LogP contribution in [0.2, 0.25) is 0 Å². The minimum absolute atomic E-state index is 0.304. The second kappa shape index (κ2) is 5.14. The molecular formula is C12H23N5. The van der Waals surface area contributed by atoms with E-state index in [4.69, 9.17) is 5.84 Å². The number of rotatable bonds is 5. The van der Waals surface area contributed by atoms with Crippen LogP contribution in [0.5, 0.6) is 0 Å². The van der Waals surface area contributed by atoms with Crippen molar-refractivity contribution in [2.45, 2.75) is 51.5 Å². The Kier molecular flexibility index (Phi) is 3.79. The fourth-order valence-corrected chi connectivity index (χ4v) is 3.17. The molecule has 0 radical (unpaired) electrons. The number of hydrogen-bond acceptors (Lipinski definition) is 4. The first-order chi connectivity index (χ1) is 8.22. The molecule has 1 heterocycles. The molecule has 0 aromatic carbocycles. The van der Waals surface area contributed by atoms with Gasteiger partial charge < -0.3 is 0 Å². The lowest BCUT2D eigenvalue weighted by Crippen LogP contribution is -2.48. The van der Waals surface area contributed by atoms with Crippen LogP contribution in [-0.4, -0.2) is 20.8 Å². The zero-order valence-corrected chi connectivity index (χ0v) is 10.8. The highest BCUT2D eigenvalue weighted by molar-refractivity contribution is 4.99. The normalized spacial score (nSPS) is 20.6. The van der Waals surface area contributed by atoms with Crippen molar-refractivity contribution in [3.8, 4) is 0 Å². The van der Waals surface area contributed by atoms with Gasteiger partial charge in [0.15, 0.2) is 0 Å². The summed E-state index contributed by atoms with van der Waals surface area (Å²) in [6.45, 7) is 2.27. The molecule has 0 amide bonds. The van der Waals surface area contributed by atoms with Gasteiger partial charge in [0.05, 0.1) is 0 Å². The summed E-state index contributed by atoms with van der Waals surface area (Å²) in [6, 6.07) is 0.304. The van der Waals surface area contributed by atoms with E-state index >= 15 is 0 Å². The van der Waals surface area contributed by atoms with E-state index in [2.05, 4.69) is 22.4 Å². The van der Waals surface area contributed by atoms with Crippen molar-refractivity contribution < 1.29 is 0 Å². The summed E-state index contributed by atoms with van der Waals surface area (Å²) < 4.78 is 1.84. The third kappa shape index (κ3) is 2.35. The highest BCUT2D eigenvalue weighted by atomic mass is 15.3. The van der Waals surface area contributed by atoms with Crippen LogP contribution in [0.4, 0.5) is 0 Å². The van der Waals surface area contributed by atoms with Gasteiger partial charge in [0, 0.05) is 19.5 Å². The SMILES string of the molecule is CCC1(C(Cc2ncnn2C)NN)CCCC1. The van der Waals surface area contributed by atoms with E-state index in [9.17, 15) is 0 Å². The van der Waals surface area contributed by atoms with E-state index in [0.717, 1.165) is 12.2 Å². The first-order valence-corrected chi connectivity index (χ1v) is 6.51. The summed E-state index contributed by atoms with van der Waals surface area (Å²) in [7, 11) is 1.93. The summed E-state index contributed by atoms with van der Waals surface area (Å²) in [6.07, 6.45) is 8.85. The highest BCUT2D eigenvalue weighted by Gasteiger charge is 2.39. The first kappa shape index (κ1) is 12.5. The van der Waals surface area contributed by atoms with Gasteiger partial charge in [-0.25, -0.2) is 4.98 Å². The van der Waals surface area contributed by atoms with Crippen LogP contribution < -0.4 is 11.3 Å². The molecule has 1 unspecified atom stereocenters. The van der Waals surface area contributed by atoms with Crippen LogP contribution in [-0.2, 0) is 13.5 Å². The summed E-state index contributed by atoms with van der Waals surface area (Å²) >= 11 is 0. The van der Waals surface area contributed by atoms with E-state index < -0.39 is 0 Å². The van der Waals surface area contributed by atoms with E-state index in [0.29, 0.717) is 11.5 Å². The Balaban J connectivity index is 2.13. The maximum atomic E-state index is 5.77. The number of nitrogens with one attached hydrogen (secondary N) is 1. The van der Waals surface area contributed by atoms with Crippen molar-refractivity contribution in [1.82, 2.24) is 20.2 Å². The molecule has 17 heavy (non-hydrogen) atoms. The lowest BCUT2D eigenvalue weighted by molar-refractivity contribution is 0.182. The maximum Gasteiger partial charge on any atom is 0.138 e. The van der Waals surface area contributed by atoms with E-state index in [1.165, 1.54) is 32.1 Å². The minimum atomic E-state index is 0.304. The van der Waals surface area contributed by atoms with Gasteiger partial charge in [-0.1, -0.05) is 19.8 Å². The molecule has 1 atom stereocenters. The maximum absolute atomic E-state index is 5.77. The van der Waals surface area contributed by atoms with Crippen molar-refractivity contribution in [3.05, 3.63) is 12.2 Å². The second-order valence-corrected chi connectivity index (χ2v) is 5.15. The Morgan fingerprint density at radius 3 is 2.71 bits per heavy atom. The predicted molar refractivity (Wildman–Crippen MR) is 67.0 cm³/mol. The summed E-state index contributed by atoms with van der Waals surface area (Å²) in [5.41, 5.74) is 3.37. The Morgan fingerprint density at radius 1 is 1.53 bits per heavy atom. The molecule has 5 nitrogen and oxygen atoms in total. The van der Waals surface area contributed by atoms with Crippen LogP contribution >= 0.6 is 0 Å². The number of hydrogen-bond donors (Lipinski definition) is 2. The fraction of sp³-hybridized carbons (Fsp3) is 0.833. The third-order valence-electron chi connectivity index (χ3n) is 4.44. The van der Waals surface area contributed by atoms with Crippen LogP contribution in [0.3, 0.4) is 0 Å². The van der Waals surface area contributed by atoms with Crippen LogP contribution in [0.25, 0.3) is 0 Å². The number of aromatic nitrogens is 3. The van der Waals surface area contributed by atoms with Crippen molar-refractivity contribution >= 4 is 0 Å². The Labute approximate surface area is 103 Å². The highest BCUT2D eigenvalue weighted by Crippen LogP contribution is 2.44. The molecule has 1 saturated carbocycles. The standard InChI is InChI=1S/C12H23N5/c1-3-12(6-4-5-7-12)10(16-13)8-11-14-9-15-17(11)2/h9-10,16H,3-8,13H2,1-2H3. The molecule has 3 N–H and O–H groups in total. The quantitative estimate of drug-likeness (QED) is 0.595. The molecule has 0 spiro atoms. The molecule has 1 aliphatic carbocycles. The molecule has 1 fully saturated rings. The topological polar surface area (TPSA) is 68.8 Å². The van der Waals surface area contributed by atoms with Crippen LogP contribution in [0.1, 0.15) is 44.9 Å². The summed E-state index contributed by atoms with van der Waals surface area (Å²) in [5, 5.41) is 4.12. The number of hydrazine groups is 1. The molecule has 0 saturated heterocycles. The molecule has 0 aliphatic heterocycles. The Bertz CT molecular complexity index is 354. The molecule has 1 aliphatic rings. The van der Waals surface area contributed by atoms with Gasteiger partial charge in [0.25, 0.3) is 0 Å². The fourth-order valence-electron chi connectivity index (χ4n) is 3.17. The van der Waals surface area contributed by atoms with Crippen molar-refractivity contribution in [2.24, 2.45) is 18.3 Å². The van der Waals surface area contributed by atoms with Crippen molar-refractivity contribution in [1.29, 1.82) is 0 Å². The first-order valence-electron chi connectivity index (χ1n) is 6.51. The molecule has 1 aromatic heterocycles. The third-order valence-corrected chi connectivity index (χ3v) is 4.44. The molecule has 5 heteroatoms. The average molecular weight is 237 g/mol. The van der Waals surface area contributed by atoms with Gasteiger partial charge in [-0.2, -0.15) is 5.10 Å². The van der Waals surface area contributed by atoms with Gasteiger partial charge in [0.1, 0.15) is 12.2 Å². The smallest absolute Gasteiger partial charge is 0.138 e. The van der Waals surface area contributed by atoms with Gasteiger partial charge in [-0.3, -0.25) is 16.0 Å².